The molecule has 1 fully saturated rings. The van der Waals surface area contributed by atoms with Gasteiger partial charge in [-0.1, -0.05) is 17.7 Å². The zero-order chi connectivity index (χ0) is 16.4. The van der Waals surface area contributed by atoms with Crippen molar-refractivity contribution in [1.82, 2.24) is 10.3 Å². The summed E-state index contributed by atoms with van der Waals surface area (Å²) in [5.41, 5.74) is 2.08. The van der Waals surface area contributed by atoms with Gasteiger partial charge in [0.15, 0.2) is 0 Å². The lowest BCUT2D eigenvalue weighted by Gasteiger charge is -2.17. The Kier molecular flexibility index (Phi) is 4.06. The lowest BCUT2D eigenvalue weighted by atomic mass is 10.2. The van der Waals surface area contributed by atoms with Crippen molar-refractivity contribution in [3.63, 3.8) is 0 Å². The molecule has 1 aliphatic rings. The molecule has 6 heteroatoms. The van der Waals surface area contributed by atoms with Gasteiger partial charge < -0.3 is 10.2 Å². The van der Waals surface area contributed by atoms with Gasteiger partial charge in [0, 0.05) is 30.1 Å². The number of aryl methyl sites for hydroxylation is 1. The Bertz CT molecular complexity index is 746. The number of hydrogen-bond acceptors (Lipinski definition) is 3. The molecular formula is C17H16FN3O2. The Balaban J connectivity index is 1.69. The minimum absolute atomic E-state index is 0.152. The Morgan fingerprint density at radius 2 is 2.04 bits per heavy atom. The third kappa shape index (κ3) is 3.21. The van der Waals surface area contributed by atoms with Crippen molar-refractivity contribution in [3.8, 4) is 0 Å². The van der Waals surface area contributed by atoms with Gasteiger partial charge in [0.1, 0.15) is 6.04 Å². The molecule has 1 aromatic heterocycles. The molecule has 5 nitrogen and oxygen atoms in total. The molecule has 2 amide bonds. The highest BCUT2D eigenvalue weighted by Crippen LogP contribution is 2.22. The summed E-state index contributed by atoms with van der Waals surface area (Å²) in [4.78, 5) is 29.6. The number of halogens is 1. The van der Waals surface area contributed by atoms with Gasteiger partial charge >= 0.3 is 0 Å². The predicted molar refractivity (Wildman–Crippen MR) is 83.6 cm³/mol. The molecule has 23 heavy (non-hydrogen) atoms. The minimum Gasteiger partial charge on any atom is -0.340 e. The molecule has 1 aliphatic heterocycles. The van der Waals surface area contributed by atoms with Crippen LogP contribution in [-0.4, -0.2) is 29.4 Å². The number of hydrogen-bond donors (Lipinski definition) is 1. The van der Waals surface area contributed by atoms with Crippen LogP contribution in [0.15, 0.2) is 42.6 Å². The maximum atomic E-state index is 13.1. The van der Waals surface area contributed by atoms with E-state index >= 15 is 0 Å². The number of carbonyl (C=O) groups excluding carboxylic acids is 2. The number of rotatable bonds is 3. The molecule has 1 atom stereocenters. The van der Waals surface area contributed by atoms with E-state index in [1.165, 1.54) is 12.3 Å². The number of aromatic nitrogens is 1. The zero-order valence-corrected chi connectivity index (χ0v) is 12.6. The number of amides is 2. The molecule has 0 aliphatic carbocycles. The second-order valence-electron chi connectivity index (χ2n) is 5.51. The number of benzene rings is 1. The Labute approximate surface area is 133 Å². The van der Waals surface area contributed by atoms with E-state index in [0.29, 0.717) is 13.0 Å². The van der Waals surface area contributed by atoms with Gasteiger partial charge in [-0.15, -0.1) is 0 Å². The van der Waals surface area contributed by atoms with Crippen LogP contribution >= 0.6 is 0 Å². The molecule has 2 heterocycles. The van der Waals surface area contributed by atoms with Crippen LogP contribution in [0.4, 0.5) is 10.1 Å². The fourth-order valence-electron chi connectivity index (χ4n) is 2.58. The fraction of sp³-hybridized carbons (Fsp3) is 0.235. The number of nitrogens with zero attached hydrogens (tertiary/aromatic N) is 2. The Hall–Kier alpha value is -2.76. The first-order chi connectivity index (χ1) is 11.0. The summed E-state index contributed by atoms with van der Waals surface area (Å²) in [7, 11) is 0. The molecule has 1 unspecified atom stereocenters. The molecule has 1 N–H and O–H groups in total. The average molecular weight is 313 g/mol. The van der Waals surface area contributed by atoms with E-state index in [2.05, 4.69) is 10.3 Å². The first-order valence-electron chi connectivity index (χ1n) is 7.35. The van der Waals surface area contributed by atoms with Gasteiger partial charge in [-0.3, -0.25) is 9.59 Å². The van der Waals surface area contributed by atoms with Crippen LogP contribution in [0.5, 0.6) is 0 Å². The van der Waals surface area contributed by atoms with Crippen molar-refractivity contribution in [2.24, 2.45) is 0 Å². The van der Waals surface area contributed by atoms with Gasteiger partial charge in [-0.25, -0.2) is 4.98 Å². The summed E-state index contributed by atoms with van der Waals surface area (Å²) in [6.45, 7) is 2.52. The molecule has 0 radical (unpaired) electrons. The number of pyridine rings is 1. The molecule has 0 bridgehead atoms. The highest BCUT2D eigenvalue weighted by molar-refractivity contribution is 6.03. The van der Waals surface area contributed by atoms with Crippen molar-refractivity contribution in [1.29, 1.82) is 0 Å². The van der Waals surface area contributed by atoms with Crippen LogP contribution in [0.3, 0.4) is 0 Å². The minimum atomic E-state index is -0.725. The van der Waals surface area contributed by atoms with Crippen LogP contribution in [0.2, 0.25) is 0 Å². The van der Waals surface area contributed by atoms with Crippen molar-refractivity contribution in [2.75, 3.05) is 11.4 Å². The fourth-order valence-corrected chi connectivity index (χ4v) is 2.58. The molecule has 118 valence electrons. The molecule has 0 spiro atoms. The Morgan fingerprint density at radius 1 is 1.30 bits per heavy atom. The SMILES string of the molecule is Cc1ccc(N2CCC(NC(=O)c3ccnc(F)c3)C2=O)cc1. The normalized spacial score (nSPS) is 17.4. The van der Waals surface area contributed by atoms with Crippen LogP contribution in [0.25, 0.3) is 0 Å². The van der Waals surface area contributed by atoms with Crippen molar-refractivity contribution in [2.45, 2.75) is 19.4 Å². The van der Waals surface area contributed by atoms with Crippen LogP contribution < -0.4 is 10.2 Å². The van der Waals surface area contributed by atoms with E-state index in [4.69, 9.17) is 0 Å². The number of carbonyl (C=O) groups is 2. The van der Waals surface area contributed by atoms with Crippen LogP contribution in [-0.2, 0) is 4.79 Å². The van der Waals surface area contributed by atoms with E-state index in [1.807, 2.05) is 31.2 Å². The lowest BCUT2D eigenvalue weighted by Crippen LogP contribution is -2.41. The summed E-state index contributed by atoms with van der Waals surface area (Å²) >= 11 is 0. The van der Waals surface area contributed by atoms with Gasteiger partial charge in [-0.2, -0.15) is 4.39 Å². The van der Waals surface area contributed by atoms with Crippen molar-refractivity contribution < 1.29 is 14.0 Å². The first-order valence-corrected chi connectivity index (χ1v) is 7.35. The number of nitrogens with one attached hydrogen (secondary N) is 1. The molecule has 3 rings (SSSR count). The summed E-state index contributed by atoms with van der Waals surface area (Å²) in [6.07, 6.45) is 1.74. The van der Waals surface area contributed by atoms with Crippen molar-refractivity contribution >= 4 is 17.5 Å². The van der Waals surface area contributed by atoms with E-state index in [0.717, 1.165) is 17.3 Å². The lowest BCUT2D eigenvalue weighted by molar-refractivity contribution is -0.118. The van der Waals surface area contributed by atoms with E-state index in [-0.39, 0.29) is 11.5 Å². The summed E-state index contributed by atoms with van der Waals surface area (Å²) < 4.78 is 13.1. The predicted octanol–water partition coefficient (Wildman–Crippen LogP) is 2.06. The van der Waals surface area contributed by atoms with Gasteiger partial charge in [0.2, 0.25) is 11.9 Å². The van der Waals surface area contributed by atoms with Gasteiger partial charge in [0.05, 0.1) is 0 Å². The molecule has 1 aromatic carbocycles. The molecule has 1 saturated heterocycles. The number of anilines is 1. The maximum absolute atomic E-state index is 13.1. The molecule has 0 saturated carbocycles. The second kappa shape index (κ2) is 6.16. The third-order valence-electron chi connectivity index (χ3n) is 3.85. The smallest absolute Gasteiger partial charge is 0.252 e. The summed E-state index contributed by atoms with van der Waals surface area (Å²) in [5, 5.41) is 2.66. The van der Waals surface area contributed by atoms with Crippen LogP contribution in [0, 0.1) is 12.9 Å². The summed E-state index contributed by atoms with van der Waals surface area (Å²) in [6, 6.07) is 9.51. The van der Waals surface area contributed by atoms with Gasteiger partial charge in [0.25, 0.3) is 5.91 Å². The second-order valence-corrected chi connectivity index (χ2v) is 5.51. The van der Waals surface area contributed by atoms with Crippen LogP contribution in [0.1, 0.15) is 22.3 Å². The monoisotopic (exact) mass is 313 g/mol. The zero-order valence-electron chi connectivity index (χ0n) is 12.6. The highest BCUT2D eigenvalue weighted by atomic mass is 19.1. The standard InChI is InChI=1S/C17H16FN3O2/c1-11-2-4-13(5-3-11)21-9-7-14(17(21)23)20-16(22)12-6-8-19-15(18)10-12/h2-6,8,10,14H,7,9H2,1H3,(H,20,22). The van der Waals surface area contributed by atoms with Crippen molar-refractivity contribution in [3.05, 3.63) is 59.7 Å². The largest absolute Gasteiger partial charge is 0.340 e. The molecular weight excluding hydrogens is 297 g/mol. The third-order valence-corrected chi connectivity index (χ3v) is 3.85. The topological polar surface area (TPSA) is 62.3 Å². The highest BCUT2D eigenvalue weighted by Gasteiger charge is 2.33. The summed E-state index contributed by atoms with van der Waals surface area (Å²) in [5.74, 6) is -1.36. The van der Waals surface area contributed by atoms with E-state index in [1.54, 1.807) is 4.90 Å². The molecule has 2 aromatic rings. The van der Waals surface area contributed by atoms with E-state index in [9.17, 15) is 14.0 Å². The van der Waals surface area contributed by atoms with E-state index < -0.39 is 17.9 Å². The average Bonchev–Trinajstić information content (AvgIpc) is 2.89. The first kappa shape index (κ1) is 15.1. The van der Waals surface area contributed by atoms with Gasteiger partial charge in [-0.05, 0) is 31.5 Å². The maximum Gasteiger partial charge on any atom is 0.252 e. The quantitative estimate of drug-likeness (QED) is 0.882. The Morgan fingerprint density at radius 3 is 2.74 bits per heavy atom.